The maximum absolute atomic E-state index is 11.8. The molecule has 0 amide bonds. The maximum Gasteiger partial charge on any atom is 0.347 e. The molecule has 0 aliphatic carbocycles. The highest BCUT2D eigenvalue weighted by Crippen LogP contribution is 2.36. The Morgan fingerprint density at radius 3 is 2.05 bits per heavy atom. The van der Waals surface area contributed by atoms with Gasteiger partial charge in [-0.3, -0.25) is 0 Å². The Balaban J connectivity index is 2.83. The molecule has 0 saturated heterocycles. The molecule has 1 aromatic carbocycles. The van der Waals surface area contributed by atoms with Crippen molar-refractivity contribution in [1.29, 1.82) is 0 Å². The van der Waals surface area contributed by atoms with Crippen molar-refractivity contribution in [2.24, 2.45) is 0 Å². The molecular weight excluding hydrogens is 310 g/mol. The number of halogens is 3. The van der Waals surface area contributed by atoms with Crippen molar-refractivity contribution in [2.45, 2.75) is 39.4 Å². The molecule has 0 radical (unpaired) electrons. The second kappa shape index (κ2) is 6.21. The maximum atomic E-state index is 11.8. The van der Waals surface area contributed by atoms with Crippen molar-refractivity contribution in [3.8, 4) is 5.75 Å². The van der Waals surface area contributed by atoms with Crippen LogP contribution in [0.3, 0.4) is 0 Å². The van der Waals surface area contributed by atoms with E-state index in [2.05, 4.69) is 0 Å². The third kappa shape index (κ3) is 5.09. The molecule has 0 spiro atoms. The fourth-order valence-corrected chi connectivity index (χ4v) is 2.16. The summed E-state index contributed by atoms with van der Waals surface area (Å²) in [4.78, 5) is 11.8. The fraction of sp³-hybridized carbons (Fsp3) is 0.462. The average Bonchev–Trinajstić information content (AvgIpc) is 2.20. The van der Waals surface area contributed by atoms with Gasteiger partial charge in [-0.15, -0.1) is 0 Å². The van der Waals surface area contributed by atoms with Crippen LogP contribution in [0.2, 0.25) is 15.1 Å². The number of ether oxygens (including phenoxy) is 2. The van der Waals surface area contributed by atoms with E-state index in [1.165, 1.54) is 12.1 Å². The molecule has 1 unspecified atom stereocenters. The number of carbonyl (C=O) groups is 1. The van der Waals surface area contributed by atoms with Crippen molar-refractivity contribution in [3.63, 3.8) is 0 Å². The Hall–Kier alpha value is -0.640. The molecule has 19 heavy (non-hydrogen) atoms. The summed E-state index contributed by atoms with van der Waals surface area (Å²) in [5, 5.41) is 0.882. The van der Waals surface area contributed by atoms with E-state index in [4.69, 9.17) is 44.3 Å². The number of esters is 1. The van der Waals surface area contributed by atoms with Crippen LogP contribution in [0.25, 0.3) is 0 Å². The molecule has 6 heteroatoms. The van der Waals surface area contributed by atoms with Gasteiger partial charge in [-0.2, -0.15) is 0 Å². The summed E-state index contributed by atoms with van der Waals surface area (Å²) in [5.74, 6) is -0.277. The van der Waals surface area contributed by atoms with Crippen LogP contribution in [-0.4, -0.2) is 17.7 Å². The largest absolute Gasteiger partial charge is 0.476 e. The van der Waals surface area contributed by atoms with Gasteiger partial charge in [-0.05, 0) is 39.8 Å². The number of hydrogen-bond donors (Lipinski definition) is 0. The predicted octanol–water partition coefficient (Wildman–Crippen LogP) is 4.76. The second-order valence-corrected chi connectivity index (χ2v) is 6.24. The van der Waals surface area contributed by atoms with Crippen LogP contribution in [-0.2, 0) is 9.53 Å². The normalized spacial score (nSPS) is 13.0. The lowest BCUT2D eigenvalue weighted by Crippen LogP contribution is -2.33. The summed E-state index contributed by atoms with van der Waals surface area (Å²) in [6, 6.07) is 2.98. The van der Waals surface area contributed by atoms with Crippen LogP contribution in [0.5, 0.6) is 5.75 Å². The van der Waals surface area contributed by atoms with E-state index >= 15 is 0 Å². The Labute approximate surface area is 127 Å². The highest BCUT2D eigenvalue weighted by Gasteiger charge is 2.24. The molecule has 1 aromatic rings. The molecule has 0 heterocycles. The van der Waals surface area contributed by atoms with Gasteiger partial charge in [0.25, 0.3) is 0 Å². The van der Waals surface area contributed by atoms with Gasteiger partial charge in [0.1, 0.15) is 5.60 Å². The number of carbonyl (C=O) groups excluding carboxylic acids is 1. The average molecular weight is 326 g/mol. The second-order valence-electron chi connectivity index (χ2n) is 4.99. The van der Waals surface area contributed by atoms with E-state index in [1.807, 2.05) is 0 Å². The van der Waals surface area contributed by atoms with Gasteiger partial charge in [0, 0.05) is 5.02 Å². The molecule has 0 aliphatic rings. The standard InChI is InChI=1S/C13H15Cl3O3/c1-7(12(17)19-13(2,3)4)18-11-9(15)5-8(14)6-10(11)16/h5-7H,1-4H3. The zero-order valence-electron chi connectivity index (χ0n) is 11.1. The first-order chi connectivity index (χ1) is 8.60. The van der Waals surface area contributed by atoms with Gasteiger partial charge in [-0.1, -0.05) is 34.8 Å². The number of rotatable bonds is 3. The molecule has 0 aliphatic heterocycles. The minimum atomic E-state index is -0.824. The van der Waals surface area contributed by atoms with Crippen LogP contribution >= 0.6 is 34.8 Å². The third-order valence-electron chi connectivity index (χ3n) is 2.00. The van der Waals surface area contributed by atoms with Crippen LogP contribution in [0.4, 0.5) is 0 Å². The van der Waals surface area contributed by atoms with Gasteiger partial charge in [0.15, 0.2) is 11.9 Å². The highest BCUT2D eigenvalue weighted by molar-refractivity contribution is 6.40. The van der Waals surface area contributed by atoms with Gasteiger partial charge in [0.2, 0.25) is 0 Å². The molecule has 0 fully saturated rings. The van der Waals surface area contributed by atoms with Crippen molar-refractivity contribution >= 4 is 40.8 Å². The Kier molecular flexibility index (Phi) is 5.36. The van der Waals surface area contributed by atoms with Gasteiger partial charge >= 0.3 is 5.97 Å². The highest BCUT2D eigenvalue weighted by atomic mass is 35.5. The van der Waals surface area contributed by atoms with E-state index in [-0.39, 0.29) is 15.8 Å². The molecule has 0 bridgehead atoms. The SMILES string of the molecule is CC(Oc1c(Cl)cc(Cl)cc1Cl)C(=O)OC(C)(C)C. The van der Waals surface area contributed by atoms with Crippen LogP contribution in [0, 0.1) is 0 Å². The summed E-state index contributed by atoms with van der Waals surface area (Å²) < 4.78 is 10.6. The van der Waals surface area contributed by atoms with Crippen molar-refractivity contribution in [3.05, 3.63) is 27.2 Å². The minimum absolute atomic E-state index is 0.214. The molecule has 1 rings (SSSR count). The monoisotopic (exact) mass is 324 g/mol. The van der Waals surface area contributed by atoms with Crippen LogP contribution in [0.1, 0.15) is 27.7 Å². The smallest absolute Gasteiger partial charge is 0.347 e. The van der Waals surface area contributed by atoms with Gasteiger partial charge < -0.3 is 9.47 Å². The van der Waals surface area contributed by atoms with Crippen molar-refractivity contribution in [2.75, 3.05) is 0 Å². The first-order valence-corrected chi connectivity index (χ1v) is 6.77. The Bertz CT molecular complexity index is 458. The lowest BCUT2D eigenvalue weighted by Gasteiger charge is -2.23. The van der Waals surface area contributed by atoms with Crippen LogP contribution in [0.15, 0.2) is 12.1 Å². The van der Waals surface area contributed by atoms with Gasteiger partial charge in [-0.25, -0.2) is 4.79 Å². The quantitative estimate of drug-likeness (QED) is 0.752. The lowest BCUT2D eigenvalue weighted by molar-refractivity contribution is -0.162. The Morgan fingerprint density at radius 2 is 1.63 bits per heavy atom. The zero-order valence-corrected chi connectivity index (χ0v) is 13.4. The van der Waals surface area contributed by atoms with Crippen molar-refractivity contribution < 1.29 is 14.3 Å². The molecular formula is C13H15Cl3O3. The summed E-state index contributed by atoms with van der Waals surface area (Å²) in [5.41, 5.74) is -0.581. The number of hydrogen-bond acceptors (Lipinski definition) is 3. The topological polar surface area (TPSA) is 35.5 Å². The van der Waals surface area contributed by atoms with E-state index in [1.54, 1.807) is 27.7 Å². The molecule has 1 atom stereocenters. The molecule has 0 saturated carbocycles. The van der Waals surface area contributed by atoms with E-state index in [0.717, 1.165) is 0 Å². The third-order valence-corrected chi connectivity index (χ3v) is 2.78. The van der Waals surface area contributed by atoms with Crippen molar-refractivity contribution in [1.82, 2.24) is 0 Å². The first-order valence-electron chi connectivity index (χ1n) is 5.64. The first kappa shape index (κ1) is 16.4. The summed E-state index contributed by atoms with van der Waals surface area (Å²) >= 11 is 17.7. The fourth-order valence-electron chi connectivity index (χ4n) is 1.25. The molecule has 0 aromatic heterocycles. The zero-order chi connectivity index (χ0) is 14.8. The summed E-state index contributed by atoms with van der Waals surface area (Å²) in [7, 11) is 0. The lowest BCUT2D eigenvalue weighted by atomic mass is 10.2. The van der Waals surface area contributed by atoms with Gasteiger partial charge in [0.05, 0.1) is 10.0 Å². The predicted molar refractivity (Wildman–Crippen MR) is 77.4 cm³/mol. The summed E-state index contributed by atoms with van der Waals surface area (Å²) in [6.07, 6.45) is -0.824. The summed E-state index contributed by atoms with van der Waals surface area (Å²) in [6.45, 7) is 6.90. The van der Waals surface area contributed by atoms with E-state index in [0.29, 0.717) is 5.02 Å². The Morgan fingerprint density at radius 1 is 1.16 bits per heavy atom. The van der Waals surface area contributed by atoms with E-state index < -0.39 is 17.7 Å². The van der Waals surface area contributed by atoms with Crippen LogP contribution < -0.4 is 4.74 Å². The molecule has 0 N–H and O–H groups in total. The molecule has 106 valence electrons. The van der Waals surface area contributed by atoms with E-state index in [9.17, 15) is 4.79 Å². The number of benzene rings is 1. The minimum Gasteiger partial charge on any atom is -0.476 e. The molecule has 3 nitrogen and oxygen atoms in total.